The lowest BCUT2D eigenvalue weighted by Crippen LogP contribution is -2.46. The zero-order valence-electron chi connectivity index (χ0n) is 8.36. The third-order valence-electron chi connectivity index (χ3n) is 2.63. The van der Waals surface area contributed by atoms with E-state index in [1.165, 1.54) is 29.3 Å². The first kappa shape index (κ1) is 10.0. The van der Waals surface area contributed by atoms with Gasteiger partial charge >= 0.3 is 0 Å². The van der Waals surface area contributed by atoms with Gasteiger partial charge in [-0.05, 0) is 31.3 Å². The monoisotopic (exact) mass is 212 g/mol. The van der Waals surface area contributed by atoms with Gasteiger partial charge in [-0.25, -0.2) is 0 Å². The van der Waals surface area contributed by atoms with Gasteiger partial charge in [-0.1, -0.05) is 4.49 Å². The highest BCUT2D eigenvalue weighted by Crippen LogP contribution is 2.09. The van der Waals surface area contributed by atoms with Gasteiger partial charge in [-0.15, -0.1) is 5.10 Å². The molecule has 2 heterocycles. The maximum atomic E-state index is 3.83. The predicted octanol–water partition coefficient (Wildman–Crippen LogP) is 0.768. The van der Waals surface area contributed by atoms with Crippen LogP contribution < -0.4 is 10.6 Å². The van der Waals surface area contributed by atoms with E-state index in [1.807, 2.05) is 6.20 Å². The fourth-order valence-corrected chi connectivity index (χ4v) is 2.12. The van der Waals surface area contributed by atoms with E-state index in [2.05, 4.69) is 27.1 Å². The van der Waals surface area contributed by atoms with Crippen molar-refractivity contribution in [3.05, 3.63) is 11.1 Å². The zero-order chi connectivity index (χ0) is 9.80. The number of rotatable bonds is 3. The SMILES string of the molecule is CC1CCC(NCc2cnns2)CN1. The second-order valence-electron chi connectivity index (χ2n) is 3.85. The maximum Gasteiger partial charge on any atom is 0.0666 e. The molecule has 1 aliphatic rings. The van der Waals surface area contributed by atoms with E-state index in [-0.39, 0.29) is 0 Å². The molecule has 78 valence electrons. The predicted molar refractivity (Wildman–Crippen MR) is 57.2 cm³/mol. The molecule has 2 N–H and O–H groups in total. The molecule has 1 saturated heterocycles. The summed E-state index contributed by atoms with van der Waals surface area (Å²) in [4.78, 5) is 1.21. The summed E-state index contributed by atoms with van der Waals surface area (Å²) >= 11 is 1.47. The van der Waals surface area contributed by atoms with Gasteiger partial charge in [0.1, 0.15) is 0 Å². The maximum absolute atomic E-state index is 3.83. The van der Waals surface area contributed by atoms with E-state index < -0.39 is 0 Å². The molecule has 1 fully saturated rings. The summed E-state index contributed by atoms with van der Waals surface area (Å²) in [6.07, 6.45) is 4.36. The average molecular weight is 212 g/mol. The van der Waals surface area contributed by atoms with Crippen LogP contribution in [0.3, 0.4) is 0 Å². The second-order valence-corrected chi connectivity index (χ2v) is 4.72. The van der Waals surface area contributed by atoms with Crippen molar-refractivity contribution in [1.29, 1.82) is 0 Å². The third kappa shape index (κ3) is 2.73. The standard InChI is InChI=1S/C9H16N4S/c1-7-2-3-8(4-10-7)11-5-9-6-12-13-14-9/h6-8,10-11H,2-5H2,1H3. The van der Waals surface area contributed by atoms with Gasteiger partial charge in [-0.2, -0.15) is 0 Å². The Labute approximate surface area is 88.3 Å². The molecule has 5 heteroatoms. The normalized spacial score (nSPS) is 27.8. The number of aromatic nitrogens is 2. The van der Waals surface area contributed by atoms with E-state index in [1.54, 1.807) is 0 Å². The molecule has 0 radical (unpaired) electrons. The van der Waals surface area contributed by atoms with E-state index in [0.717, 1.165) is 13.1 Å². The highest BCUT2D eigenvalue weighted by molar-refractivity contribution is 7.05. The number of piperidine rings is 1. The molecule has 0 bridgehead atoms. The first-order valence-corrected chi connectivity index (χ1v) is 5.85. The van der Waals surface area contributed by atoms with Gasteiger partial charge in [0.25, 0.3) is 0 Å². The molecule has 0 aliphatic carbocycles. The zero-order valence-corrected chi connectivity index (χ0v) is 9.18. The minimum atomic E-state index is 0.605. The molecule has 4 nitrogen and oxygen atoms in total. The molecule has 0 aromatic carbocycles. The van der Waals surface area contributed by atoms with Gasteiger partial charge in [0.05, 0.1) is 11.1 Å². The molecular weight excluding hydrogens is 196 g/mol. The lowest BCUT2D eigenvalue weighted by Gasteiger charge is -2.28. The fourth-order valence-electron chi connectivity index (χ4n) is 1.68. The molecule has 0 amide bonds. The molecular formula is C9H16N4S. The molecule has 1 aliphatic heterocycles. The van der Waals surface area contributed by atoms with Crippen molar-refractivity contribution in [2.24, 2.45) is 0 Å². The van der Waals surface area contributed by atoms with Crippen LogP contribution in [0.4, 0.5) is 0 Å². The van der Waals surface area contributed by atoms with Crippen molar-refractivity contribution in [2.75, 3.05) is 6.54 Å². The smallest absolute Gasteiger partial charge is 0.0666 e. The van der Waals surface area contributed by atoms with Crippen molar-refractivity contribution in [3.63, 3.8) is 0 Å². The number of hydrogen-bond acceptors (Lipinski definition) is 5. The number of nitrogens with one attached hydrogen (secondary N) is 2. The van der Waals surface area contributed by atoms with Crippen molar-refractivity contribution >= 4 is 11.5 Å². The Morgan fingerprint density at radius 3 is 3.21 bits per heavy atom. The van der Waals surface area contributed by atoms with Gasteiger partial charge in [0, 0.05) is 25.2 Å². The summed E-state index contributed by atoms with van der Waals surface area (Å²) in [5.41, 5.74) is 0. The molecule has 0 saturated carbocycles. The largest absolute Gasteiger partial charge is 0.313 e. The van der Waals surface area contributed by atoms with E-state index in [0.29, 0.717) is 12.1 Å². The first-order valence-electron chi connectivity index (χ1n) is 5.07. The number of hydrogen-bond donors (Lipinski definition) is 2. The number of nitrogens with zero attached hydrogens (tertiary/aromatic N) is 2. The highest BCUT2D eigenvalue weighted by Gasteiger charge is 2.16. The summed E-state index contributed by atoms with van der Waals surface area (Å²) in [6.45, 7) is 4.22. The lowest BCUT2D eigenvalue weighted by molar-refractivity contribution is 0.338. The molecule has 1 aromatic rings. The Kier molecular flexibility index (Phi) is 3.44. The minimum absolute atomic E-state index is 0.605. The molecule has 0 spiro atoms. The van der Waals surface area contributed by atoms with Crippen LogP contribution in [0.1, 0.15) is 24.6 Å². The molecule has 14 heavy (non-hydrogen) atoms. The van der Waals surface area contributed by atoms with Crippen LogP contribution in [0.25, 0.3) is 0 Å². The lowest BCUT2D eigenvalue weighted by atomic mass is 10.0. The summed E-state index contributed by atoms with van der Waals surface area (Å²) in [7, 11) is 0. The Morgan fingerprint density at radius 1 is 1.64 bits per heavy atom. The average Bonchev–Trinajstić information content (AvgIpc) is 2.70. The quantitative estimate of drug-likeness (QED) is 0.777. The Bertz CT molecular complexity index is 254. The van der Waals surface area contributed by atoms with E-state index in [9.17, 15) is 0 Å². The van der Waals surface area contributed by atoms with Crippen molar-refractivity contribution in [3.8, 4) is 0 Å². The Morgan fingerprint density at radius 2 is 2.57 bits per heavy atom. The highest BCUT2D eigenvalue weighted by atomic mass is 32.1. The topological polar surface area (TPSA) is 49.8 Å². The first-order chi connectivity index (χ1) is 6.84. The molecule has 1 aromatic heterocycles. The molecule has 2 unspecified atom stereocenters. The fraction of sp³-hybridized carbons (Fsp3) is 0.778. The van der Waals surface area contributed by atoms with Gasteiger partial charge in [0.2, 0.25) is 0 Å². The van der Waals surface area contributed by atoms with Crippen molar-refractivity contribution in [2.45, 2.75) is 38.4 Å². The summed E-state index contributed by atoms with van der Waals surface area (Å²) < 4.78 is 3.83. The van der Waals surface area contributed by atoms with Crippen LogP contribution >= 0.6 is 11.5 Å². The third-order valence-corrected chi connectivity index (χ3v) is 3.29. The summed E-state index contributed by atoms with van der Waals surface area (Å²) in [5.74, 6) is 0. The molecule has 2 rings (SSSR count). The Hall–Kier alpha value is -0.520. The van der Waals surface area contributed by atoms with Crippen molar-refractivity contribution in [1.82, 2.24) is 20.2 Å². The Balaban J connectivity index is 1.71. The molecule has 2 atom stereocenters. The van der Waals surface area contributed by atoms with Crippen LogP contribution in [-0.2, 0) is 6.54 Å². The van der Waals surface area contributed by atoms with Gasteiger partial charge in [-0.3, -0.25) is 0 Å². The van der Waals surface area contributed by atoms with E-state index in [4.69, 9.17) is 0 Å². The van der Waals surface area contributed by atoms with Crippen LogP contribution in [0.15, 0.2) is 6.20 Å². The van der Waals surface area contributed by atoms with Crippen LogP contribution in [0.2, 0.25) is 0 Å². The van der Waals surface area contributed by atoms with Crippen LogP contribution in [0.5, 0.6) is 0 Å². The summed E-state index contributed by atoms with van der Waals surface area (Å²) in [6, 6.07) is 1.28. The summed E-state index contributed by atoms with van der Waals surface area (Å²) in [5, 5.41) is 10.8. The van der Waals surface area contributed by atoms with Crippen LogP contribution in [0, 0.1) is 0 Å². The van der Waals surface area contributed by atoms with Gasteiger partial charge in [0.15, 0.2) is 0 Å². The van der Waals surface area contributed by atoms with Gasteiger partial charge < -0.3 is 10.6 Å². The second kappa shape index (κ2) is 4.82. The van der Waals surface area contributed by atoms with Crippen LogP contribution in [-0.4, -0.2) is 28.2 Å². The minimum Gasteiger partial charge on any atom is -0.313 e. The van der Waals surface area contributed by atoms with Crippen molar-refractivity contribution < 1.29 is 0 Å². The van der Waals surface area contributed by atoms with E-state index >= 15 is 0 Å².